The summed E-state index contributed by atoms with van der Waals surface area (Å²) in [4.78, 5) is 24.5. The zero-order chi connectivity index (χ0) is 13.8. The summed E-state index contributed by atoms with van der Waals surface area (Å²) < 4.78 is 0. The van der Waals surface area contributed by atoms with E-state index in [9.17, 15) is 9.59 Å². The monoisotopic (exact) mass is 268 g/mol. The zero-order valence-electron chi connectivity index (χ0n) is 11.6. The highest BCUT2D eigenvalue weighted by Gasteiger charge is 2.32. The van der Waals surface area contributed by atoms with Gasteiger partial charge in [0.1, 0.15) is 0 Å². The van der Waals surface area contributed by atoms with Crippen molar-refractivity contribution >= 4 is 11.9 Å². The first kappa shape index (κ1) is 14.3. The normalized spacial score (nSPS) is 27.3. The van der Waals surface area contributed by atoms with Crippen LogP contribution in [0.2, 0.25) is 0 Å². The lowest BCUT2D eigenvalue weighted by atomic mass is 9.90. The van der Waals surface area contributed by atoms with Gasteiger partial charge < -0.3 is 15.3 Å². The van der Waals surface area contributed by atoms with Gasteiger partial charge in [-0.2, -0.15) is 0 Å². The molecule has 2 atom stereocenters. The minimum absolute atomic E-state index is 0.183. The molecule has 0 aromatic carbocycles. The van der Waals surface area contributed by atoms with Crippen LogP contribution < -0.4 is 5.32 Å². The van der Waals surface area contributed by atoms with Crippen molar-refractivity contribution in [3.05, 3.63) is 0 Å². The second kappa shape index (κ2) is 6.37. The fourth-order valence-corrected chi connectivity index (χ4v) is 2.87. The topological polar surface area (TPSA) is 69.6 Å². The maximum Gasteiger partial charge on any atom is 0.303 e. The van der Waals surface area contributed by atoms with Gasteiger partial charge in [0.2, 0.25) is 5.91 Å². The summed E-state index contributed by atoms with van der Waals surface area (Å²) in [5.41, 5.74) is 0. The maximum atomic E-state index is 11.9. The lowest BCUT2D eigenvalue weighted by molar-refractivity contribution is -0.137. The van der Waals surface area contributed by atoms with Crippen molar-refractivity contribution in [1.82, 2.24) is 10.2 Å². The summed E-state index contributed by atoms with van der Waals surface area (Å²) in [6.07, 6.45) is 4.87. The number of likely N-dealkylation sites (tertiary alicyclic amines) is 1. The Kier molecular flexibility index (Phi) is 4.80. The van der Waals surface area contributed by atoms with Gasteiger partial charge in [-0.15, -0.1) is 0 Å². The maximum absolute atomic E-state index is 11.9. The molecule has 1 aliphatic heterocycles. The molecule has 1 saturated carbocycles. The van der Waals surface area contributed by atoms with Gasteiger partial charge in [0.15, 0.2) is 0 Å². The Morgan fingerprint density at radius 3 is 2.58 bits per heavy atom. The number of piperidine rings is 1. The van der Waals surface area contributed by atoms with Crippen LogP contribution in [0.4, 0.5) is 0 Å². The van der Waals surface area contributed by atoms with Crippen LogP contribution in [-0.4, -0.2) is 47.1 Å². The minimum Gasteiger partial charge on any atom is -0.481 e. The lowest BCUT2D eigenvalue weighted by Gasteiger charge is -2.38. The summed E-state index contributed by atoms with van der Waals surface area (Å²) in [6, 6.07) is 0.970. The molecule has 1 saturated heterocycles. The first-order valence-corrected chi connectivity index (χ1v) is 7.34. The minimum atomic E-state index is -0.745. The van der Waals surface area contributed by atoms with Crippen molar-refractivity contribution in [3.63, 3.8) is 0 Å². The molecule has 0 radical (unpaired) electrons. The van der Waals surface area contributed by atoms with Gasteiger partial charge >= 0.3 is 5.97 Å². The summed E-state index contributed by atoms with van der Waals surface area (Å²) >= 11 is 0. The molecule has 5 nitrogen and oxygen atoms in total. The van der Waals surface area contributed by atoms with E-state index < -0.39 is 5.97 Å². The molecule has 19 heavy (non-hydrogen) atoms. The molecule has 0 bridgehead atoms. The van der Waals surface area contributed by atoms with Crippen LogP contribution in [0.15, 0.2) is 0 Å². The molecule has 2 unspecified atom stereocenters. The molecule has 0 spiro atoms. The standard InChI is InChI=1S/C14H24N2O3/c1-2-13(17)16-8-10(3-6-14(18)19)7-12(9-16)15-11-4-5-11/h10-12,15H,2-9H2,1H3,(H,18,19). The second-order valence-corrected chi connectivity index (χ2v) is 5.82. The van der Waals surface area contributed by atoms with Crippen molar-refractivity contribution in [1.29, 1.82) is 0 Å². The number of rotatable bonds is 6. The van der Waals surface area contributed by atoms with Crippen molar-refractivity contribution in [2.45, 2.75) is 57.5 Å². The SMILES string of the molecule is CCC(=O)N1CC(CCC(=O)O)CC(NC2CC2)C1. The van der Waals surface area contributed by atoms with Crippen LogP contribution in [0.25, 0.3) is 0 Å². The second-order valence-electron chi connectivity index (χ2n) is 5.82. The quantitative estimate of drug-likeness (QED) is 0.760. The number of nitrogens with one attached hydrogen (secondary N) is 1. The van der Waals surface area contributed by atoms with Crippen molar-refractivity contribution in [3.8, 4) is 0 Å². The Bertz CT molecular complexity index is 342. The summed E-state index contributed by atoms with van der Waals surface area (Å²) in [5, 5.41) is 12.4. The molecule has 2 rings (SSSR count). The van der Waals surface area contributed by atoms with Crippen LogP contribution in [0.1, 0.15) is 45.4 Å². The molecule has 1 amide bonds. The zero-order valence-corrected chi connectivity index (χ0v) is 11.6. The first-order valence-electron chi connectivity index (χ1n) is 7.34. The van der Waals surface area contributed by atoms with Gasteiger partial charge in [0.05, 0.1) is 0 Å². The number of carbonyl (C=O) groups is 2. The van der Waals surface area contributed by atoms with E-state index >= 15 is 0 Å². The van der Waals surface area contributed by atoms with Gasteiger partial charge in [-0.1, -0.05) is 6.92 Å². The van der Waals surface area contributed by atoms with E-state index in [4.69, 9.17) is 5.11 Å². The fraction of sp³-hybridized carbons (Fsp3) is 0.857. The van der Waals surface area contributed by atoms with E-state index in [2.05, 4.69) is 5.32 Å². The molecule has 1 aliphatic carbocycles. The van der Waals surface area contributed by atoms with Crippen molar-refractivity contribution in [2.24, 2.45) is 5.92 Å². The van der Waals surface area contributed by atoms with Crippen molar-refractivity contribution in [2.75, 3.05) is 13.1 Å². The van der Waals surface area contributed by atoms with E-state index in [-0.39, 0.29) is 12.3 Å². The Morgan fingerprint density at radius 1 is 1.26 bits per heavy atom. The predicted octanol–water partition coefficient (Wildman–Crippen LogP) is 1.23. The van der Waals surface area contributed by atoms with Gasteiger partial charge in [0, 0.05) is 38.0 Å². The third kappa shape index (κ3) is 4.49. The average Bonchev–Trinajstić information content (AvgIpc) is 3.19. The van der Waals surface area contributed by atoms with E-state index in [0.29, 0.717) is 30.8 Å². The predicted molar refractivity (Wildman–Crippen MR) is 71.8 cm³/mol. The van der Waals surface area contributed by atoms with Gasteiger partial charge in [-0.25, -0.2) is 0 Å². The molecule has 0 aromatic rings. The van der Waals surface area contributed by atoms with E-state index in [1.807, 2.05) is 11.8 Å². The van der Waals surface area contributed by atoms with Crippen LogP contribution in [0.5, 0.6) is 0 Å². The molecule has 0 aromatic heterocycles. The summed E-state index contributed by atoms with van der Waals surface area (Å²) in [5.74, 6) is -0.245. The number of amides is 1. The van der Waals surface area contributed by atoms with Crippen LogP contribution in [-0.2, 0) is 9.59 Å². The van der Waals surface area contributed by atoms with E-state index in [1.54, 1.807) is 0 Å². The number of carboxylic acids is 1. The smallest absolute Gasteiger partial charge is 0.303 e. The van der Waals surface area contributed by atoms with Crippen LogP contribution in [0.3, 0.4) is 0 Å². The fourth-order valence-electron chi connectivity index (χ4n) is 2.87. The first-order chi connectivity index (χ1) is 9.08. The summed E-state index contributed by atoms with van der Waals surface area (Å²) in [7, 11) is 0. The van der Waals surface area contributed by atoms with Gasteiger partial charge in [-0.3, -0.25) is 9.59 Å². The largest absolute Gasteiger partial charge is 0.481 e. The molecule has 5 heteroatoms. The Labute approximate surface area is 114 Å². The average molecular weight is 268 g/mol. The van der Waals surface area contributed by atoms with Gasteiger partial charge in [-0.05, 0) is 31.6 Å². The molecule has 2 fully saturated rings. The van der Waals surface area contributed by atoms with Gasteiger partial charge in [0.25, 0.3) is 0 Å². The Morgan fingerprint density at radius 2 is 2.00 bits per heavy atom. The number of carbonyl (C=O) groups excluding carboxylic acids is 1. The molecule has 1 heterocycles. The van der Waals surface area contributed by atoms with Crippen molar-refractivity contribution < 1.29 is 14.7 Å². The molecule has 2 aliphatic rings. The molecule has 2 N–H and O–H groups in total. The number of hydrogen-bond acceptors (Lipinski definition) is 3. The highest BCUT2D eigenvalue weighted by molar-refractivity contribution is 5.76. The highest BCUT2D eigenvalue weighted by Crippen LogP contribution is 2.26. The Balaban J connectivity index is 1.89. The molecular weight excluding hydrogens is 244 g/mol. The third-order valence-corrected chi connectivity index (χ3v) is 4.01. The highest BCUT2D eigenvalue weighted by atomic mass is 16.4. The van der Waals surface area contributed by atoms with Crippen LogP contribution in [0, 0.1) is 5.92 Å². The van der Waals surface area contributed by atoms with E-state index in [1.165, 1.54) is 12.8 Å². The lowest BCUT2D eigenvalue weighted by Crippen LogP contribution is -2.51. The van der Waals surface area contributed by atoms with Crippen LogP contribution >= 0.6 is 0 Å². The molecular formula is C14H24N2O3. The number of aliphatic carboxylic acids is 1. The number of carboxylic acid groups (broad SMARTS) is 1. The number of nitrogens with zero attached hydrogens (tertiary/aromatic N) is 1. The Hall–Kier alpha value is -1.10. The summed E-state index contributed by atoms with van der Waals surface area (Å²) in [6.45, 7) is 3.39. The molecule has 108 valence electrons. The van der Waals surface area contributed by atoms with E-state index in [0.717, 1.165) is 19.5 Å². The number of hydrogen-bond donors (Lipinski definition) is 2. The third-order valence-electron chi connectivity index (χ3n) is 4.01.